The summed E-state index contributed by atoms with van der Waals surface area (Å²) in [5, 5.41) is 8.00. The smallest absolute Gasteiger partial charge is 0.191 e. The Bertz CT molecular complexity index is 486. The Labute approximate surface area is 125 Å². The van der Waals surface area contributed by atoms with Gasteiger partial charge in [-0.05, 0) is 43.4 Å². The summed E-state index contributed by atoms with van der Waals surface area (Å²) in [6, 6.07) is 0. The molecule has 0 amide bonds. The van der Waals surface area contributed by atoms with Crippen LogP contribution in [0.15, 0.2) is 11.2 Å². The second kappa shape index (κ2) is 5.72. The van der Waals surface area contributed by atoms with Crippen LogP contribution in [0.3, 0.4) is 0 Å². The van der Waals surface area contributed by atoms with Gasteiger partial charge in [-0.3, -0.25) is 4.99 Å². The molecule has 0 atom stereocenters. The van der Waals surface area contributed by atoms with Crippen LogP contribution in [0.2, 0.25) is 0 Å². The van der Waals surface area contributed by atoms with Crippen LogP contribution in [-0.2, 0) is 13.0 Å². The Morgan fingerprint density at radius 1 is 1.45 bits per heavy atom. The lowest BCUT2D eigenvalue weighted by Gasteiger charge is -2.17. The van der Waals surface area contributed by atoms with E-state index in [9.17, 15) is 0 Å². The highest BCUT2D eigenvalue weighted by atomic mass is 32.1. The summed E-state index contributed by atoms with van der Waals surface area (Å²) in [6.45, 7) is 4.01. The van der Waals surface area contributed by atoms with Crippen LogP contribution in [0, 0.1) is 11.3 Å². The molecule has 2 aliphatic carbocycles. The maximum absolute atomic E-state index is 4.43. The molecule has 2 N–H and O–H groups in total. The van der Waals surface area contributed by atoms with Crippen molar-refractivity contribution < 1.29 is 0 Å². The molecule has 2 saturated carbocycles. The summed E-state index contributed by atoms with van der Waals surface area (Å²) in [7, 11) is 1.84. The zero-order valence-electron chi connectivity index (χ0n) is 12.4. The maximum Gasteiger partial charge on any atom is 0.191 e. The van der Waals surface area contributed by atoms with Gasteiger partial charge < -0.3 is 10.6 Å². The number of hydrogen-bond acceptors (Lipinski definition) is 3. The van der Waals surface area contributed by atoms with Crippen LogP contribution in [-0.4, -0.2) is 24.5 Å². The molecule has 1 aromatic rings. The molecular formula is C15H24N4S. The number of aliphatic imine (C=N–C) groups is 1. The molecule has 1 heterocycles. The van der Waals surface area contributed by atoms with Gasteiger partial charge in [0.1, 0.15) is 5.01 Å². The summed E-state index contributed by atoms with van der Waals surface area (Å²) in [6.07, 6.45) is 8.71. The van der Waals surface area contributed by atoms with Gasteiger partial charge in [0.05, 0.1) is 6.54 Å². The van der Waals surface area contributed by atoms with Crippen molar-refractivity contribution in [3.8, 4) is 0 Å². The van der Waals surface area contributed by atoms with E-state index in [4.69, 9.17) is 0 Å². The second-order valence-corrected chi connectivity index (χ2v) is 7.19. The third-order valence-corrected chi connectivity index (χ3v) is 5.67. The number of hydrogen-bond donors (Lipinski definition) is 2. The van der Waals surface area contributed by atoms with Gasteiger partial charge in [0.2, 0.25) is 0 Å². The molecule has 0 bridgehead atoms. The highest BCUT2D eigenvalue weighted by Gasteiger charge is 2.53. The molecule has 0 aromatic carbocycles. The standard InChI is InChI=1S/C15H24N4S/c1-3-12-8-17-13(20-12)9-18-14(16-2)19-10-15(6-7-15)11-4-5-11/h8,11H,3-7,9-10H2,1-2H3,(H2,16,18,19). The number of nitrogens with zero attached hydrogens (tertiary/aromatic N) is 2. The maximum atomic E-state index is 4.43. The predicted octanol–water partition coefficient (Wildman–Crippen LogP) is 2.56. The quantitative estimate of drug-likeness (QED) is 0.626. The molecule has 1 aromatic heterocycles. The van der Waals surface area contributed by atoms with E-state index in [1.54, 1.807) is 11.3 Å². The first kappa shape index (κ1) is 13.9. The minimum absolute atomic E-state index is 0.605. The van der Waals surface area contributed by atoms with Gasteiger partial charge in [-0.25, -0.2) is 4.98 Å². The molecule has 20 heavy (non-hydrogen) atoms. The Morgan fingerprint density at radius 2 is 2.25 bits per heavy atom. The molecule has 0 radical (unpaired) electrons. The minimum atomic E-state index is 0.605. The highest BCUT2D eigenvalue weighted by Crippen LogP contribution is 2.60. The molecule has 0 aliphatic heterocycles. The van der Waals surface area contributed by atoms with Gasteiger partial charge in [0, 0.05) is 24.7 Å². The number of nitrogens with one attached hydrogen (secondary N) is 2. The number of aryl methyl sites for hydroxylation is 1. The molecule has 110 valence electrons. The van der Waals surface area contributed by atoms with Crippen LogP contribution in [0.4, 0.5) is 0 Å². The fourth-order valence-corrected chi connectivity index (χ4v) is 3.62. The van der Waals surface area contributed by atoms with Crippen LogP contribution in [0.5, 0.6) is 0 Å². The van der Waals surface area contributed by atoms with E-state index < -0.39 is 0 Å². The molecule has 0 unspecified atom stereocenters. The van der Waals surface area contributed by atoms with Gasteiger partial charge in [0.25, 0.3) is 0 Å². The molecule has 0 saturated heterocycles. The summed E-state index contributed by atoms with van der Waals surface area (Å²) < 4.78 is 0. The van der Waals surface area contributed by atoms with Crippen molar-refractivity contribution in [2.24, 2.45) is 16.3 Å². The first-order chi connectivity index (χ1) is 9.75. The largest absolute Gasteiger partial charge is 0.356 e. The van der Waals surface area contributed by atoms with Crippen molar-refractivity contribution in [1.29, 1.82) is 0 Å². The third-order valence-electron chi connectivity index (χ3n) is 4.52. The number of thiazole rings is 1. The van der Waals surface area contributed by atoms with Gasteiger partial charge in [-0.15, -0.1) is 11.3 Å². The zero-order chi connectivity index (χ0) is 14.0. The lowest BCUT2D eigenvalue weighted by Crippen LogP contribution is -2.40. The number of guanidine groups is 1. The van der Waals surface area contributed by atoms with E-state index in [0.29, 0.717) is 5.41 Å². The van der Waals surface area contributed by atoms with Crippen molar-refractivity contribution >= 4 is 17.3 Å². The fraction of sp³-hybridized carbons (Fsp3) is 0.733. The van der Waals surface area contributed by atoms with Crippen molar-refractivity contribution in [2.45, 2.75) is 45.6 Å². The lowest BCUT2D eigenvalue weighted by molar-refractivity contribution is 0.431. The van der Waals surface area contributed by atoms with Crippen LogP contribution < -0.4 is 10.6 Å². The van der Waals surface area contributed by atoms with E-state index in [0.717, 1.165) is 36.4 Å². The van der Waals surface area contributed by atoms with Gasteiger partial charge in [-0.2, -0.15) is 0 Å². The van der Waals surface area contributed by atoms with Gasteiger partial charge in [-0.1, -0.05) is 6.92 Å². The van der Waals surface area contributed by atoms with Crippen LogP contribution >= 0.6 is 11.3 Å². The highest BCUT2D eigenvalue weighted by molar-refractivity contribution is 7.11. The first-order valence-electron chi connectivity index (χ1n) is 7.64. The lowest BCUT2D eigenvalue weighted by atomic mass is 10.0. The Kier molecular flexibility index (Phi) is 3.96. The Morgan fingerprint density at radius 3 is 2.80 bits per heavy atom. The van der Waals surface area contributed by atoms with E-state index in [-0.39, 0.29) is 0 Å². The second-order valence-electron chi connectivity index (χ2n) is 5.99. The van der Waals surface area contributed by atoms with Crippen LogP contribution in [0.1, 0.15) is 42.5 Å². The molecular weight excluding hydrogens is 268 g/mol. The summed E-state index contributed by atoms with van der Waals surface area (Å²) in [5.74, 6) is 1.89. The number of aromatic nitrogens is 1. The SMILES string of the molecule is CCc1cnc(CNC(=NC)NCC2(C3CC3)CC2)s1. The average molecular weight is 292 g/mol. The Hall–Kier alpha value is -1.10. The molecule has 2 aliphatic rings. The number of rotatable bonds is 6. The summed E-state index contributed by atoms with van der Waals surface area (Å²) >= 11 is 1.78. The summed E-state index contributed by atoms with van der Waals surface area (Å²) in [4.78, 5) is 10.1. The third kappa shape index (κ3) is 3.14. The molecule has 5 heteroatoms. The Balaban J connectivity index is 1.45. The van der Waals surface area contributed by atoms with E-state index in [1.807, 2.05) is 13.2 Å². The van der Waals surface area contributed by atoms with Crippen molar-refractivity contribution in [3.63, 3.8) is 0 Å². The van der Waals surface area contributed by atoms with Crippen molar-refractivity contribution in [2.75, 3.05) is 13.6 Å². The van der Waals surface area contributed by atoms with Crippen molar-refractivity contribution in [1.82, 2.24) is 15.6 Å². The fourth-order valence-electron chi connectivity index (χ4n) is 2.82. The topological polar surface area (TPSA) is 49.3 Å². The summed E-state index contributed by atoms with van der Waals surface area (Å²) in [5.41, 5.74) is 0.605. The van der Waals surface area contributed by atoms with Gasteiger partial charge >= 0.3 is 0 Å². The minimum Gasteiger partial charge on any atom is -0.356 e. The first-order valence-corrected chi connectivity index (χ1v) is 8.45. The van der Waals surface area contributed by atoms with E-state index >= 15 is 0 Å². The normalized spacial score (nSPS) is 20.8. The van der Waals surface area contributed by atoms with E-state index in [1.165, 1.54) is 30.6 Å². The molecule has 2 fully saturated rings. The molecule has 3 rings (SSSR count). The van der Waals surface area contributed by atoms with Crippen molar-refractivity contribution in [3.05, 3.63) is 16.1 Å². The molecule has 4 nitrogen and oxygen atoms in total. The predicted molar refractivity (Wildman–Crippen MR) is 84.1 cm³/mol. The van der Waals surface area contributed by atoms with Crippen LogP contribution in [0.25, 0.3) is 0 Å². The van der Waals surface area contributed by atoms with Gasteiger partial charge in [0.15, 0.2) is 5.96 Å². The monoisotopic (exact) mass is 292 g/mol. The molecule has 0 spiro atoms. The van der Waals surface area contributed by atoms with E-state index in [2.05, 4.69) is 27.5 Å². The zero-order valence-corrected chi connectivity index (χ0v) is 13.2. The average Bonchev–Trinajstić information content (AvgIpc) is 3.37.